The highest BCUT2D eigenvalue weighted by Crippen LogP contribution is 2.20. The van der Waals surface area contributed by atoms with Crippen LogP contribution in [0.5, 0.6) is 0 Å². The maximum Gasteiger partial charge on any atom is 0.220 e. The number of nitrogens with two attached hydrogens (primary N) is 2. The lowest BCUT2D eigenvalue weighted by molar-refractivity contribution is -0.121. The molecule has 0 saturated heterocycles. The molecule has 0 aliphatic carbocycles. The van der Waals surface area contributed by atoms with Gasteiger partial charge in [0.1, 0.15) is 0 Å². The molecular weight excluding hydrogens is 218 g/mol. The van der Waals surface area contributed by atoms with Crippen molar-refractivity contribution in [3.63, 3.8) is 0 Å². The van der Waals surface area contributed by atoms with Crippen molar-refractivity contribution in [2.24, 2.45) is 23.3 Å². The minimum Gasteiger partial charge on any atom is -0.370 e. The zero-order chi connectivity index (χ0) is 13.3. The molecule has 0 saturated carbocycles. The molecule has 1 unspecified atom stereocenters. The molecule has 0 aromatic heterocycles. The Balaban J connectivity index is 3.76. The van der Waals surface area contributed by atoms with Crippen LogP contribution >= 0.6 is 0 Å². The first-order chi connectivity index (χ1) is 7.97. The van der Waals surface area contributed by atoms with Gasteiger partial charge in [-0.3, -0.25) is 9.59 Å². The van der Waals surface area contributed by atoms with E-state index in [1.54, 1.807) is 0 Å². The molecule has 0 fully saturated rings. The molecule has 100 valence electrons. The van der Waals surface area contributed by atoms with E-state index in [0.29, 0.717) is 31.3 Å². The lowest BCUT2D eigenvalue weighted by Crippen LogP contribution is -2.28. The van der Waals surface area contributed by atoms with E-state index in [1.807, 2.05) is 0 Å². The Kier molecular flexibility index (Phi) is 8.40. The quantitative estimate of drug-likeness (QED) is 0.546. The van der Waals surface area contributed by atoms with Gasteiger partial charge in [0.15, 0.2) is 0 Å². The van der Waals surface area contributed by atoms with Crippen LogP contribution in [0, 0.1) is 11.8 Å². The lowest BCUT2D eigenvalue weighted by atomic mass is 9.88. The monoisotopic (exact) mass is 243 g/mol. The second kappa shape index (κ2) is 8.98. The summed E-state index contributed by atoms with van der Waals surface area (Å²) in [6, 6.07) is 0. The molecule has 0 heterocycles. The number of amides is 2. The zero-order valence-corrected chi connectivity index (χ0v) is 10.9. The Hall–Kier alpha value is -1.10. The average molecular weight is 243 g/mol. The van der Waals surface area contributed by atoms with Crippen molar-refractivity contribution in [2.75, 3.05) is 13.1 Å². The summed E-state index contributed by atoms with van der Waals surface area (Å²) in [6.45, 7) is 5.28. The molecule has 1 atom stereocenters. The van der Waals surface area contributed by atoms with Gasteiger partial charge in [0.05, 0.1) is 0 Å². The Morgan fingerprint density at radius 1 is 1.18 bits per heavy atom. The number of carbonyl (C=O) groups is 2. The van der Waals surface area contributed by atoms with E-state index in [9.17, 15) is 9.59 Å². The van der Waals surface area contributed by atoms with Gasteiger partial charge in [-0.1, -0.05) is 13.8 Å². The molecule has 17 heavy (non-hydrogen) atoms. The third-order valence-corrected chi connectivity index (χ3v) is 2.92. The van der Waals surface area contributed by atoms with Crippen LogP contribution in [0.4, 0.5) is 0 Å². The lowest BCUT2D eigenvalue weighted by Gasteiger charge is -2.19. The maximum absolute atomic E-state index is 11.5. The minimum atomic E-state index is -0.395. The fourth-order valence-corrected chi connectivity index (χ4v) is 1.76. The van der Waals surface area contributed by atoms with Crippen LogP contribution in [0.3, 0.4) is 0 Å². The first-order valence-corrected chi connectivity index (χ1v) is 6.22. The van der Waals surface area contributed by atoms with Crippen molar-refractivity contribution in [2.45, 2.75) is 39.5 Å². The summed E-state index contributed by atoms with van der Waals surface area (Å²) in [6.07, 6.45) is 2.48. The van der Waals surface area contributed by atoms with E-state index in [-0.39, 0.29) is 12.3 Å². The molecule has 0 spiro atoms. The molecule has 5 heteroatoms. The van der Waals surface area contributed by atoms with Gasteiger partial charge >= 0.3 is 0 Å². The van der Waals surface area contributed by atoms with E-state index in [1.165, 1.54) is 0 Å². The molecule has 0 radical (unpaired) electrons. The highest BCUT2D eigenvalue weighted by atomic mass is 16.2. The van der Waals surface area contributed by atoms with Gasteiger partial charge in [-0.05, 0) is 31.2 Å². The van der Waals surface area contributed by atoms with Crippen LogP contribution in [-0.4, -0.2) is 24.9 Å². The predicted octanol–water partition coefficient (Wildman–Crippen LogP) is 0.379. The second-order valence-corrected chi connectivity index (χ2v) is 4.69. The summed E-state index contributed by atoms with van der Waals surface area (Å²) < 4.78 is 0. The predicted molar refractivity (Wildman–Crippen MR) is 68.1 cm³/mol. The smallest absolute Gasteiger partial charge is 0.220 e. The van der Waals surface area contributed by atoms with Crippen molar-refractivity contribution >= 4 is 11.8 Å². The Labute approximate surface area is 103 Å². The average Bonchev–Trinajstić information content (AvgIpc) is 2.23. The van der Waals surface area contributed by atoms with E-state index in [0.717, 1.165) is 12.8 Å². The summed E-state index contributed by atoms with van der Waals surface area (Å²) in [5.74, 6) is 0.612. The molecule has 0 bridgehead atoms. The summed E-state index contributed by atoms with van der Waals surface area (Å²) in [4.78, 5) is 21.9. The molecule has 0 aliphatic rings. The molecular formula is C12H25N3O2. The molecule has 5 nitrogen and oxygen atoms in total. The van der Waals surface area contributed by atoms with Crippen molar-refractivity contribution in [1.82, 2.24) is 5.32 Å². The number of rotatable bonds is 9. The van der Waals surface area contributed by atoms with E-state index >= 15 is 0 Å². The summed E-state index contributed by atoms with van der Waals surface area (Å²) in [5.41, 5.74) is 10.5. The van der Waals surface area contributed by atoms with E-state index in [4.69, 9.17) is 11.5 Å². The van der Waals surface area contributed by atoms with Gasteiger partial charge in [0.2, 0.25) is 11.8 Å². The van der Waals surface area contributed by atoms with Crippen molar-refractivity contribution in [3.05, 3.63) is 0 Å². The van der Waals surface area contributed by atoms with Gasteiger partial charge in [-0.2, -0.15) is 0 Å². The van der Waals surface area contributed by atoms with Gasteiger partial charge in [0.25, 0.3) is 0 Å². The number of carbonyl (C=O) groups excluding carboxylic acids is 2. The summed E-state index contributed by atoms with van der Waals surface area (Å²) in [7, 11) is 0. The fraction of sp³-hybridized carbons (Fsp3) is 0.833. The second-order valence-electron chi connectivity index (χ2n) is 4.69. The summed E-state index contributed by atoms with van der Waals surface area (Å²) >= 11 is 0. The fourth-order valence-electron chi connectivity index (χ4n) is 1.76. The van der Waals surface area contributed by atoms with Crippen molar-refractivity contribution in [1.29, 1.82) is 0 Å². The third-order valence-electron chi connectivity index (χ3n) is 2.92. The van der Waals surface area contributed by atoms with Crippen LogP contribution in [0.1, 0.15) is 39.5 Å². The molecule has 0 aromatic rings. The number of nitrogens with one attached hydrogen (secondary N) is 1. The largest absolute Gasteiger partial charge is 0.370 e. The maximum atomic E-state index is 11.5. The normalized spacial score (nSPS) is 12.5. The molecule has 5 N–H and O–H groups in total. The van der Waals surface area contributed by atoms with Crippen LogP contribution in [0.25, 0.3) is 0 Å². The standard InChI is InChI=1S/C12H25N3O2/c1-9(2)10(5-7-13)3-4-12(17)15-8-6-11(14)16/h9-10H,3-8,13H2,1-2H3,(H2,14,16)(H,15,17). The highest BCUT2D eigenvalue weighted by Gasteiger charge is 2.14. The Morgan fingerprint density at radius 3 is 2.29 bits per heavy atom. The summed E-state index contributed by atoms with van der Waals surface area (Å²) in [5, 5.41) is 2.68. The SMILES string of the molecule is CC(C)C(CCN)CCC(=O)NCCC(N)=O. The van der Waals surface area contributed by atoms with Crippen LogP contribution in [0.2, 0.25) is 0 Å². The third kappa shape index (κ3) is 8.68. The Morgan fingerprint density at radius 2 is 1.82 bits per heavy atom. The van der Waals surface area contributed by atoms with Crippen molar-refractivity contribution < 1.29 is 9.59 Å². The first-order valence-electron chi connectivity index (χ1n) is 6.22. The van der Waals surface area contributed by atoms with Crippen LogP contribution < -0.4 is 16.8 Å². The van der Waals surface area contributed by atoms with Crippen LogP contribution in [-0.2, 0) is 9.59 Å². The van der Waals surface area contributed by atoms with E-state index < -0.39 is 5.91 Å². The molecule has 0 aromatic carbocycles. The number of hydrogen-bond donors (Lipinski definition) is 3. The minimum absolute atomic E-state index is 0.0195. The number of primary amides is 1. The molecule has 2 amide bonds. The van der Waals surface area contributed by atoms with E-state index in [2.05, 4.69) is 19.2 Å². The molecule has 0 aliphatic heterocycles. The number of hydrogen-bond acceptors (Lipinski definition) is 3. The van der Waals surface area contributed by atoms with Gasteiger partial charge in [-0.15, -0.1) is 0 Å². The van der Waals surface area contributed by atoms with Crippen LogP contribution in [0.15, 0.2) is 0 Å². The highest BCUT2D eigenvalue weighted by molar-refractivity contribution is 5.77. The first kappa shape index (κ1) is 15.9. The molecule has 0 rings (SSSR count). The zero-order valence-electron chi connectivity index (χ0n) is 10.9. The Bertz CT molecular complexity index is 242. The van der Waals surface area contributed by atoms with Gasteiger partial charge in [-0.25, -0.2) is 0 Å². The van der Waals surface area contributed by atoms with Gasteiger partial charge < -0.3 is 16.8 Å². The van der Waals surface area contributed by atoms with Crippen molar-refractivity contribution in [3.8, 4) is 0 Å². The topological polar surface area (TPSA) is 98.2 Å². The van der Waals surface area contributed by atoms with Gasteiger partial charge in [0, 0.05) is 19.4 Å².